The Hall–Kier alpha value is -2.28. The number of fused-ring (bicyclic) bond motifs is 3. The highest BCUT2D eigenvalue weighted by Gasteiger charge is 2.07. The monoisotopic (exact) mass is 219 g/mol. The van der Waals surface area contributed by atoms with Crippen LogP contribution in [0, 0.1) is 0 Å². The number of hydrogen-bond acceptors (Lipinski definition) is 0. The van der Waals surface area contributed by atoms with Crippen LogP contribution in [0.15, 0.2) is 55.6 Å². The van der Waals surface area contributed by atoms with E-state index in [1.807, 2.05) is 12.3 Å². The summed E-state index contributed by atoms with van der Waals surface area (Å²) in [5.41, 5.74) is 3.52. The minimum atomic E-state index is 1.14. The smallest absolute Gasteiger partial charge is 0.0535 e. The Balaban J connectivity index is 2.58. The van der Waals surface area contributed by atoms with Gasteiger partial charge in [0.15, 0.2) is 0 Å². The van der Waals surface area contributed by atoms with E-state index >= 15 is 0 Å². The van der Waals surface area contributed by atoms with Crippen molar-refractivity contribution in [3.63, 3.8) is 0 Å². The Morgan fingerprint density at radius 2 is 1.65 bits per heavy atom. The average Bonchev–Trinajstić information content (AvgIpc) is 2.71. The van der Waals surface area contributed by atoms with Crippen LogP contribution in [-0.2, 0) is 0 Å². The molecule has 0 fully saturated rings. The molecule has 17 heavy (non-hydrogen) atoms. The summed E-state index contributed by atoms with van der Waals surface area (Å²) in [5, 5.41) is 2.50. The number of rotatable bonds is 2. The molecule has 0 N–H and O–H groups in total. The minimum Gasteiger partial charge on any atom is -0.317 e. The van der Waals surface area contributed by atoms with Gasteiger partial charge >= 0.3 is 0 Å². The fourth-order valence-corrected chi connectivity index (χ4v) is 2.34. The summed E-state index contributed by atoms with van der Waals surface area (Å²) >= 11 is 0. The zero-order valence-electron chi connectivity index (χ0n) is 9.56. The molecule has 0 bridgehead atoms. The number of benzene rings is 2. The lowest BCUT2D eigenvalue weighted by Gasteiger charge is -1.98. The van der Waals surface area contributed by atoms with Crippen molar-refractivity contribution in [1.82, 2.24) is 4.57 Å². The predicted molar refractivity (Wildman–Crippen MR) is 75.9 cm³/mol. The van der Waals surface area contributed by atoms with E-state index in [0.717, 1.165) is 5.56 Å². The third kappa shape index (κ3) is 1.32. The van der Waals surface area contributed by atoms with Crippen molar-refractivity contribution in [1.29, 1.82) is 0 Å². The second-order valence-electron chi connectivity index (χ2n) is 4.05. The van der Waals surface area contributed by atoms with Crippen LogP contribution in [0.25, 0.3) is 34.1 Å². The fraction of sp³-hybridized carbons (Fsp3) is 0. The van der Waals surface area contributed by atoms with Crippen LogP contribution in [0.3, 0.4) is 0 Å². The second kappa shape index (κ2) is 3.63. The molecule has 0 saturated heterocycles. The molecule has 0 saturated carbocycles. The highest BCUT2D eigenvalue weighted by atomic mass is 14.9. The first-order valence-electron chi connectivity index (χ1n) is 5.63. The molecule has 0 amide bonds. The Bertz CT molecular complexity index is 732. The summed E-state index contributed by atoms with van der Waals surface area (Å²) in [5.74, 6) is 0. The summed E-state index contributed by atoms with van der Waals surface area (Å²) in [6.45, 7) is 7.71. The Morgan fingerprint density at radius 1 is 0.882 bits per heavy atom. The number of para-hydroxylation sites is 1. The van der Waals surface area contributed by atoms with Gasteiger partial charge in [0, 0.05) is 17.0 Å². The molecule has 0 radical (unpaired) electrons. The first-order chi connectivity index (χ1) is 8.35. The molecule has 1 heterocycles. The molecule has 1 nitrogen and oxygen atoms in total. The molecule has 0 aliphatic carbocycles. The lowest BCUT2D eigenvalue weighted by atomic mass is 10.1. The van der Waals surface area contributed by atoms with E-state index in [2.05, 4.69) is 60.2 Å². The second-order valence-corrected chi connectivity index (χ2v) is 4.05. The quantitative estimate of drug-likeness (QED) is 0.596. The Kier molecular flexibility index (Phi) is 2.12. The van der Waals surface area contributed by atoms with Crippen LogP contribution in [0.4, 0.5) is 0 Å². The SMILES string of the molecule is C=Cc1ccc2c(c1)c1ccccc1n2C=C. The van der Waals surface area contributed by atoms with E-state index in [-0.39, 0.29) is 0 Å². The van der Waals surface area contributed by atoms with E-state index in [1.165, 1.54) is 21.8 Å². The van der Waals surface area contributed by atoms with Crippen LogP contribution in [0.5, 0.6) is 0 Å². The van der Waals surface area contributed by atoms with Crippen LogP contribution in [-0.4, -0.2) is 4.57 Å². The van der Waals surface area contributed by atoms with E-state index < -0.39 is 0 Å². The number of aromatic nitrogens is 1. The van der Waals surface area contributed by atoms with Gasteiger partial charge < -0.3 is 4.57 Å². The van der Waals surface area contributed by atoms with Gasteiger partial charge in [0.05, 0.1) is 11.0 Å². The third-order valence-electron chi connectivity index (χ3n) is 3.15. The summed E-state index contributed by atoms with van der Waals surface area (Å²) < 4.78 is 2.12. The highest BCUT2D eigenvalue weighted by molar-refractivity contribution is 6.09. The number of hydrogen-bond donors (Lipinski definition) is 0. The average molecular weight is 219 g/mol. The largest absolute Gasteiger partial charge is 0.317 e. The molecule has 0 atom stereocenters. The van der Waals surface area contributed by atoms with Crippen LogP contribution >= 0.6 is 0 Å². The van der Waals surface area contributed by atoms with Gasteiger partial charge in [-0.2, -0.15) is 0 Å². The normalized spacial score (nSPS) is 10.8. The predicted octanol–water partition coefficient (Wildman–Crippen LogP) is 4.54. The Morgan fingerprint density at radius 3 is 2.41 bits per heavy atom. The maximum atomic E-state index is 3.89. The maximum absolute atomic E-state index is 3.89. The van der Waals surface area contributed by atoms with Crippen molar-refractivity contribution < 1.29 is 0 Å². The molecule has 1 aromatic heterocycles. The van der Waals surface area contributed by atoms with Crippen LogP contribution in [0.1, 0.15) is 5.56 Å². The summed E-state index contributed by atoms with van der Waals surface area (Å²) in [7, 11) is 0. The summed E-state index contributed by atoms with van der Waals surface area (Å²) in [6, 6.07) is 14.7. The topological polar surface area (TPSA) is 4.93 Å². The fourth-order valence-electron chi connectivity index (χ4n) is 2.34. The lowest BCUT2D eigenvalue weighted by molar-refractivity contribution is 1.30. The molecule has 0 aliphatic rings. The lowest BCUT2D eigenvalue weighted by Crippen LogP contribution is -1.83. The molecule has 0 spiro atoms. The molecular formula is C16H13N. The van der Waals surface area contributed by atoms with Gasteiger partial charge in [0.1, 0.15) is 0 Å². The molecule has 2 aromatic carbocycles. The number of nitrogens with zero attached hydrogens (tertiary/aromatic N) is 1. The van der Waals surface area contributed by atoms with Crippen molar-refractivity contribution in [3.8, 4) is 0 Å². The van der Waals surface area contributed by atoms with Gasteiger partial charge in [-0.1, -0.05) is 43.5 Å². The van der Waals surface area contributed by atoms with Gasteiger partial charge in [-0.15, -0.1) is 0 Å². The van der Waals surface area contributed by atoms with Gasteiger partial charge in [0.2, 0.25) is 0 Å². The van der Waals surface area contributed by atoms with Crippen molar-refractivity contribution in [2.75, 3.05) is 0 Å². The molecule has 82 valence electrons. The third-order valence-corrected chi connectivity index (χ3v) is 3.15. The van der Waals surface area contributed by atoms with Crippen molar-refractivity contribution >= 4 is 34.1 Å². The van der Waals surface area contributed by atoms with Crippen LogP contribution in [0.2, 0.25) is 0 Å². The van der Waals surface area contributed by atoms with E-state index in [9.17, 15) is 0 Å². The van der Waals surface area contributed by atoms with Gasteiger partial charge in [-0.3, -0.25) is 0 Å². The van der Waals surface area contributed by atoms with E-state index in [0.29, 0.717) is 0 Å². The minimum absolute atomic E-state index is 1.14. The molecule has 3 aromatic rings. The van der Waals surface area contributed by atoms with Crippen molar-refractivity contribution in [2.45, 2.75) is 0 Å². The molecule has 3 rings (SSSR count). The van der Waals surface area contributed by atoms with E-state index in [1.54, 1.807) is 0 Å². The molecule has 1 heteroatoms. The summed E-state index contributed by atoms with van der Waals surface area (Å²) in [6.07, 6.45) is 3.73. The van der Waals surface area contributed by atoms with Crippen molar-refractivity contribution in [2.24, 2.45) is 0 Å². The molecule has 0 aliphatic heterocycles. The standard InChI is InChI=1S/C16H13N/c1-3-12-9-10-16-14(11-12)13-7-5-6-8-15(13)17(16)4-2/h3-11H,1-2H2. The Labute approximate surface area is 100 Å². The van der Waals surface area contributed by atoms with Gasteiger partial charge in [-0.05, 0) is 23.8 Å². The zero-order chi connectivity index (χ0) is 11.8. The highest BCUT2D eigenvalue weighted by Crippen LogP contribution is 2.29. The maximum Gasteiger partial charge on any atom is 0.0535 e. The van der Waals surface area contributed by atoms with Crippen LogP contribution < -0.4 is 0 Å². The van der Waals surface area contributed by atoms with Crippen molar-refractivity contribution in [3.05, 3.63) is 61.2 Å². The molecule has 0 unspecified atom stereocenters. The van der Waals surface area contributed by atoms with E-state index in [4.69, 9.17) is 0 Å². The first kappa shape index (κ1) is 9.91. The van der Waals surface area contributed by atoms with Gasteiger partial charge in [0.25, 0.3) is 0 Å². The summed E-state index contributed by atoms with van der Waals surface area (Å²) in [4.78, 5) is 0. The first-order valence-corrected chi connectivity index (χ1v) is 5.63. The molecular weight excluding hydrogens is 206 g/mol. The zero-order valence-corrected chi connectivity index (χ0v) is 9.56. The van der Waals surface area contributed by atoms with Gasteiger partial charge in [-0.25, -0.2) is 0 Å².